The number of hydrogen-bond acceptors (Lipinski definition) is 3. The SMILES string of the molecule is CC(=O)C1CC1C(=O)N1CCN(C(c2ccccc2)c2ccccc2)CC1. The second-order valence-corrected chi connectivity index (χ2v) is 7.64. The third-order valence-corrected chi connectivity index (χ3v) is 5.85. The van der Waals surface area contributed by atoms with Gasteiger partial charge in [0.15, 0.2) is 0 Å². The molecule has 2 fully saturated rings. The van der Waals surface area contributed by atoms with Crippen molar-refractivity contribution in [1.82, 2.24) is 9.80 Å². The lowest BCUT2D eigenvalue weighted by atomic mass is 9.96. The highest BCUT2D eigenvalue weighted by Gasteiger charge is 2.48. The first-order valence-corrected chi connectivity index (χ1v) is 9.78. The number of nitrogens with zero attached hydrogens (tertiary/aromatic N) is 2. The van der Waals surface area contributed by atoms with E-state index < -0.39 is 0 Å². The molecule has 1 amide bonds. The minimum atomic E-state index is -0.0620. The van der Waals surface area contributed by atoms with Crippen LogP contribution in [-0.4, -0.2) is 47.7 Å². The van der Waals surface area contributed by atoms with Crippen LogP contribution in [-0.2, 0) is 9.59 Å². The molecular formula is C23H26N2O2. The monoisotopic (exact) mass is 362 g/mol. The second-order valence-electron chi connectivity index (χ2n) is 7.64. The Hall–Kier alpha value is -2.46. The molecule has 4 heteroatoms. The van der Waals surface area contributed by atoms with Gasteiger partial charge in [0.25, 0.3) is 0 Å². The highest BCUT2D eigenvalue weighted by atomic mass is 16.2. The molecular weight excluding hydrogens is 336 g/mol. The van der Waals surface area contributed by atoms with Gasteiger partial charge in [0.2, 0.25) is 5.91 Å². The molecule has 1 aliphatic heterocycles. The molecule has 0 bridgehead atoms. The van der Waals surface area contributed by atoms with Crippen molar-refractivity contribution < 1.29 is 9.59 Å². The van der Waals surface area contributed by atoms with Crippen molar-refractivity contribution in [2.24, 2.45) is 11.8 Å². The van der Waals surface area contributed by atoms with Gasteiger partial charge in [0, 0.05) is 38.0 Å². The van der Waals surface area contributed by atoms with Gasteiger partial charge in [0.1, 0.15) is 5.78 Å². The van der Waals surface area contributed by atoms with E-state index in [1.54, 1.807) is 6.92 Å². The number of amides is 1. The first kappa shape index (κ1) is 17.9. The molecule has 0 radical (unpaired) electrons. The zero-order valence-electron chi connectivity index (χ0n) is 15.8. The molecule has 140 valence electrons. The Bertz CT molecular complexity index is 758. The van der Waals surface area contributed by atoms with Crippen LogP contribution < -0.4 is 0 Å². The summed E-state index contributed by atoms with van der Waals surface area (Å²) in [6, 6.07) is 21.3. The Morgan fingerprint density at radius 2 is 1.33 bits per heavy atom. The smallest absolute Gasteiger partial charge is 0.226 e. The molecule has 2 atom stereocenters. The molecule has 2 aromatic carbocycles. The lowest BCUT2D eigenvalue weighted by molar-refractivity contribution is -0.136. The third-order valence-electron chi connectivity index (χ3n) is 5.85. The van der Waals surface area contributed by atoms with Crippen LogP contribution in [0, 0.1) is 11.8 Å². The van der Waals surface area contributed by atoms with Crippen LogP contribution in [0.25, 0.3) is 0 Å². The lowest BCUT2D eigenvalue weighted by Gasteiger charge is -2.40. The fourth-order valence-corrected chi connectivity index (χ4v) is 4.24. The number of ketones is 1. The van der Waals surface area contributed by atoms with E-state index in [9.17, 15) is 9.59 Å². The first-order valence-electron chi connectivity index (χ1n) is 9.78. The van der Waals surface area contributed by atoms with Crippen LogP contribution in [0.15, 0.2) is 60.7 Å². The van der Waals surface area contributed by atoms with Gasteiger partial charge in [-0.1, -0.05) is 60.7 Å². The van der Waals surface area contributed by atoms with Crippen LogP contribution in [0.3, 0.4) is 0 Å². The van der Waals surface area contributed by atoms with Gasteiger partial charge in [-0.2, -0.15) is 0 Å². The molecule has 2 aliphatic rings. The highest BCUT2D eigenvalue weighted by Crippen LogP contribution is 2.41. The topological polar surface area (TPSA) is 40.6 Å². The maximum Gasteiger partial charge on any atom is 0.226 e. The molecule has 2 aromatic rings. The number of Topliss-reactive ketones (excluding diaryl/α,β-unsaturated/α-hetero) is 1. The van der Waals surface area contributed by atoms with Crippen molar-refractivity contribution in [2.75, 3.05) is 26.2 Å². The molecule has 4 nitrogen and oxygen atoms in total. The van der Waals surface area contributed by atoms with Crippen LogP contribution >= 0.6 is 0 Å². The van der Waals surface area contributed by atoms with Crippen LogP contribution in [0.1, 0.15) is 30.5 Å². The summed E-state index contributed by atoms with van der Waals surface area (Å²) in [5, 5.41) is 0. The van der Waals surface area contributed by atoms with Gasteiger partial charge in [-0.15, -0.1) is 0 Å². The summed E-state index contributed by atoms with van der Waals surface area (Å²) < 4.78 is 0. The summed E-state index contributed by atoms with van der Waals surface area (Å²) in [5.74, 6) is 0.232. The van der Waals surface area contributed by atoms with Gasteiger partial charge < -0.3 is 4.90 Å². The normalized spacial score (nSPS) is 22.7. The molecule has 0 aromatic heterocycles. The van der Waals surface area contributed by atoms with Crippen LogP contribution in [0.5, 0.6) is 0 Å². The number of hydrogen-bond donors (Lipinski definition) is 0. The Morgan fingerprint density at radius 1 is 0.815 bits per heavy atom. The molecule has 1 saturated heterocycles. The van der Waals surface area contributed by atoms with E-state index in [2.05, 4.69) is 53.4 Å². The van der Waals surface area contributed by atoms with Crippen molar-refractivity contribution in [2.45, 2.75) is 19.4 Å². The number of piperazine rings is 1. The van der Waals surface area contributed by atoms with E-state index in [4.69, 9.17) is 0 Å². The minimum absolute atomic E-state index is 0.0306. The van der Waals surface area contributed by atoms with Crippen LogP contribution in [0.4, 0.5) is 0 Å². The molecule has 1 saturated carbocycles. The average molecular weight is 362 g/mol. The molecule has 2 unspecified atom stereocenters. The van der Waals surface area contributed by atoms with Crippen molar-refractivity contribution in [3.05, 3.63) is 71.8 Å². The summed E-state index contributed by atoms with van der Waals surface area (Å²) in [6.07, 6.45) is 0.741. The number of carbonyl (C=O) groups is 2. The van der Waals surface area contributed by atoms with E-state index in [1.807, 2.05) is 17.0 Å². The fraction of sp³-hybridized carbons (Fsp3) is 0.391. The van der Waals surface area contributed by atoms with Gasteiger partial charge >= 0.3 is 0 Å². The molecule has 27 heavy (non-hydrogen) atoms. The summed E-state index contributed by atoms with van der Waals surface area (Å²) in [4.78, 5) is 28.5. The Labute approximate surface area is 160 Å². The van der Waals surface area contributed by atoms with Crippen molar-refractivity contribution in [1.29, 1.82) is 0 Å². The highest BCUT2D eigenvalue weighted by molar-refractivity contribution is 5.92. The summed E-state index contributed by atoms with van der Waals surface area (Å²) in [7, 11) is 0. The van der Waals surface area contributed by atoms with Crippen molar-refractivity contribution in [3.63, 3.8) is 0 Å². The maximum atomic E-state index is 12.6. The van der Waals surface area contributed by atoms with E-state index in [-0.39, 0.29) is 29.6 Å². The molecule has 1 aliphatic carbocycles. The van der Waals surface area contributed by atoms with Gasteiger partial charge in [-0.3, -0.25) is 14.5 Å². The van der Waals surface area contributed by atoms with Crippen molar-refractivity contribution in [3.8, 4) is 0 Å². The van der Waals surface area contributed by atoms with E-state index in [0.29, 0.717) is 0 Å². The van der Waals surface area contributed by atoms with E-state index >= 15 is 0 Å². The average Bonchev–Trinajstić information content (AvgIpc) is 3.51. The Balaban J connectivity index is 1.46. The molecule has 1 heterocycles. The predicted molar refractivity (Wildman–Crippen MR) is 105 cm³/mol. The zero-order valence-corrected chi connectivity index (χ0v) is 15.8. The fourth-order valence-electron chi connectivity index (χ4n) is 4.24. The van der Waals surface area contributed by atoms with Gasteiger partial charge in [-0.05, 0) is 24.5 Å². The zero-order chi connectivity index (χ0) is 18.8. The minimum Gasteiger partial charge on any atom is -0.340 e. The maximum absolute atomic E-state index is 12.6. The van der Waals surface area contributed by atoms with E-state index in [0.717, 1.165) is 32.6 Å². The second kappa shape index (κ2) is 7.65. The Morgan fingerprint density at radius 3 is 1.78 bits per heavy atom. The van der Waals surface area contributed by atoms with Crippen molar-refractivity contribution >= 4 is 11.7 Å². The van der Waals surface area contributed by atoms with Gasteiger partial charge in [0.05, 0.1) is 6.04 Å². The summed E-state index contributed by atoms with van der Waals surface area (Å²) >= 11 is 0. The molecule has 4 rings (SSSR count). The summed E-state index contributed by atoms with van der Waals surface area (Å²) in [5.41, 5.74) is 2.56. The number of carbonyl (C=O) groups excluding carboxylic acids is 2. The summed E-state index contributed by atoms with van der Waals surface area (Å²) in [6.45, 7) is 4.75. The largest absolute Gasteiger partial charge is 0.340 e. The van der Waals surface area contributed by atoms with Gasteiger partial charge in [-0.25, -0.2) is 0 Å². The number of rotatable bonds is 5. The molecule has 0 spiro atoms. The molecule has 0 N–H and O–H groups in total. The first-order chi connectivity index (χ1) is 13.1. The predicted octanol–water partition coefficient (Wildman–Crippen LogP) is 3.15. The lowest BCUT2D eigenvalue weighted by Crippen LogP contribution is -2.50. The quantitative estimate of drug-likeness (QED) is 0.820. The standard InChI is InChI=1S/C23H26N2O2/c1-17(26)20-16-21(20)23(27)25-14-12-24(13-15-25)22(18-8-4-2-5-9-18)19-10-6-3-7-11-19/h2-11,20-22H,12-16H2,1H3. The van der Waals surface area contributed by atoms with E-state index in [1.165, 1.54) is 11.1 Å². The number of benzene rings is 2. The Kier molecular flexibility index (Phi) is 5.08. The van der Waals surface area contributed by atoms with Crippen LogP contribution in [0.2, 0.25) is 0 Å². The third kappa shape index (κ3) is 3.81.